The Morgan fingerprint density at radius 1 is 1.25 bits per heavy atom. The van der Waals surface area contributed by atoms with E-state index in [4.69, 9.17) is 9.84 Å². The van der Waals surface area contributed by atoms with Crippen LogP contribution in [-0.4, -0.2) is 16.1 Å². The van der Waals surface area contributed by atoms with Crippen LogP contribution < -0.4 is 4.74 Å². The zero-order valence-electron chi connectivity index (χ0n) is 10.0. The Morgan fingerprint density at radius 3 is 2.70 bits per heavy atom. The molecule has 2 heterocycles. The van der Waals surface area contributed by atoms with Crippen LogP contribution in [0.25, 0.3) is 10.1 Å². The van der Waals surface area contributed by atoms with Crippen LogP contribution in [0.3, 0.4) is 0 Å². The molecule has 0 aliphatic rings. The van der Waals surface area contributed by atoms with Crippen LogP contribution >= 0.6 is 11.3 Å². The van der Waals surface area contributed by atoms with Gasteiger partial charge >= 0.3 is 5.97 Å². The SMILES string of the molecule is O=C(O)c1cc2c(Oc3ccc(F)cc3)cncc2s1. The summed E-state index contributed by atoms with van der Waals surface area (Å²) >= 11 is 1.13. The molecule has 0 spiro atoms. The summed E-state index contributed by atoms with van der Waals surface area (Å²) < 4.78 is 19.2. The average molecular weight is 289 g/mol. The van der Waals surface area contributed by atoms with E-state index in [0.29, 0.717) is 16.9 Å². The molecular formula is C14H8FNO3S. The number of halogens is 1. The number of thiophene rings is 1. The van der Waals surface area contributed by atoms with Gasteiger partial charge in [0.1, 0.15) is 16.4 Å². The fraction of sp³-hybridized carbons (Fsp3) is 0. The number of nitrogens with zero attached hydrogens (tertiary/aromatic N) is 1. The second-order valence-electron chi connectivity index (χ2n) is 4.02. The molecule has 0 aliphatic heterocycles. The van der Waals surface area contributed by atoms with E-state index in [2.05, 4.69) is 4.98 Å². The number of carboxylic acid groups (broad SMARTS) is 1. The molecule has 100 valence electrons. The largest absolute Gasteiger partial charge is 0.477 e. The molecule has 0 atom stereocenters. The third kappa shape index (κ3) is 2.33. The van der Waals surface area contributed by atoms with Crippen molar-refractivity contribution in [2.45, 2.75) is 0 Å². The molecule has 0 aliphatic carbocycles. The lowest BCUT2D eigenvalue weighted by atomic mass is 10.3. The van der Waals surface area contributed by atoms with Crippen LogP contribution in [0.2, 0.25) is 0 Å². The van der Waals surface area contributed by atoms with Gasteiger partial charge in [-0.1, -0.05) is 0 Å². The van der Waals surface area contributed by atoms with Gasteiger partial charge in [-0.15, -0.1) is 11.3 Å². The van der Waals surface area contributed by atoms with Crippen molar-refractivity contribution in [1.29, 1.82) is 0 Å². The lowest BCUT2D eigenvalue weighted by Crippen LogP contribution is -1.90. The minimum absolute atomic E-state index is 0.219. The molecule has 0 radical (unpaired) electrons. The molecule has 0 saturated carbocycles. The highest BCUT2D eigenvalue weighted by molar-refractivity contribution is 7.20. The van der Waals surface area contributed by atoms with Crippen LogP contribution in [0.4, 0.5) is 4.39 Å². The summed E-state index contributed by atoms with van der Waals surface area (Å²) in [4.78, 5) is 15.2. The van der Waals surface area contributed by atoms with Crippen molar-refractivity contribution in [1.82, 2.24) is 4.98 Å². The highest BCUT2D eigenvalue weighted by Crippen LogP contribution is 2.34. The first-order chi connectivity index (χ1) is 9.63. The van der Waals surface area contributed by atoms with Gasteiger partial charge in [0.15, 0.2) is 5.75 Å². The number of carboxylic acids is 1. The van der Waals surface area contributed by atoms with Crippen LogP contribution in [0.5, 0.6) is 11.5 Å². The van der Waals surface area contributed by atoms with E-state index in [0.717, 1.165) is 16.0 Å². The second kappa shape index (κ2) is 4.90. The number of benzene rings is 1. The number of hydrogen-bond donors (Lipinski definition) is 1. The molecule has 0 unspecified atom stereocenters. The summed E-state index contributed by atoms with van der Waals surface area (Å²) in [5.41, 5.74) is 0. The number of fused-ring (bicyclic) bond motifs is 1. The summed E-state index contributed by atoms with van der Waals surface area (Å²) in [6.07, 6.45) is 3.09. The number of aromatic nitrogens is 1. The van der Waals surface area contributed by atoms with Gasteiger partial charge in [0.05, 0.1) is 10.9 Å². The van der Waals surface area contributed by atoms with Gasteiger partial charge < -0.3 is 9.84 Å². The zero-order chi connectivity index (χ0) is 14.1. The molecule has 6 heteroatoms. The maximum atomic E-state index is 12.8. The van der Waals surface area contributed by atoms with E-state index in [9.17, 15) is 9.18 Å². The van der Waals surface area contributed by atoms with E-state index in [-0.39, 0.29) is 10.7 Å². The van der Waals surface area contributed by atoms with Crippen LogP contribution in [-0.2, 0) is 0 Å². The van der Waals surface area contributed by atoms with Crippen LogP contribution in [0.15, 0.2) is 42.7 Å². The first-order valence-corrected chi connectivity index (χ1v) is 6.49. The number of pyridine rings is 1. The average Bonchev–Trinajstić information content (AvgIpc) is 2.87. The normalized spacial score (nSPS) is 10.7. The van der Waals surface area contributed by atoms with Crippen LogP contribution in [0.1, 0.15) is 9.67 Å². The van der Waals surface area contributed by atoms with Crippen molar-refractivity contribution in [2.24, 2.45) is 0 Å². The number of ether oxygens (including phenoxy) is 1. The van der Waals surface area contributed by atoms with Crippen molar-refractivity contribution >= 4 is 27.4 Å². The lowest BCUT2D eigenvalue weighted by molar-refractivity contribution is 0.0702. The highest BCUT2D eigenvalue weighted by Gasteiger charge is 2.12. The number of carbonyl (C=O) groups is 1. The zero-order valence-corrected chi connectivity index (χ0v) is 10.9. The summed E-state index contributed by atoms with van der Waals surface area (Å²) in [7, 11) is 0. The van der Waals surface area contributed by atoms with Gasteiger partial charge in [0.2, 0.25) is 0 Å². The molecule has 20 heavy (non-hydrogen) atoms. The molecule has 3 rings (SSSR count). The van der Waals surface area contributed by atoms with Crippen molar-refractivity contribution in [2.75, 3.05) is 0 Å². The number of rotatable bonds is 3. The third-order valence-corrected chi connectivity index (χ3v) is 3.72. The molecule has 2 aromatic heterocycles. The maximum Gasteiger partial charge on any atom is 0.345 e. The van der Waals surface area contributed by atoms with Gasteiger partial charge in [0.25, 0.3) is 0 Å². The lowest BCUT2D eigenvalue weighted by Gasteiger charge is -2.05. The topological polar surface area (TPSA) is 59.4 Å². The second-order valence-corrected chi connectivity index (χ2v) is 5.11. The Labute approximate surface area is 117 Å². The van der Waals surface area contributed by atoms with E-state index >= 15 is 0 Å². The minimum Gasteiger partial charge on any atom is -0.477 e. The molecular weight excluding hydrogens is 281 g/mol. The minimum atomic E-state index is -0.987. The van der Waals surface area contributed by atoms with E-state index < -0.39 is 5.97 Å². The van der Waals surface area contributed by atoms with E-state index in [1.165, 1.54) is 30.5 Å². The van der Waals surface area contributed by atoms with Crippen molar-refractivity contribution < 1.29 is 19.0 Å². The first kappa shape index (κ1) is 12.6. The summed E-state index contributed by atoms with van der Waals surface area (Å²) in [5, 5.41) is 9.68. The Hall–Kier alpha value is -2.47. The first-order valence-electron chi connectivity index (χ1n) is 5.68. The predicted octanol–water partition coefficient (Wildman–Crippen LogP) is 3.93. The summed E-state index contributed by atoms with van der Waals surface area (Å²) in [6, 6.07) is 7.12. The monoisotopic (exact) mass is 289 g/mol. The third-order valence-electron chi connectivity index (χ3n) is 2.66. The number of hydrogen-bond acceptors (Lipinski definition) is 4. The van der Waals surface area contributed by atoms with Crippen LogP contribution in [0, 0.1) is 5.82 Å². The fourth-order valence-corrected chi connectivity index (χ4v) is 2.64. The fourth-order valence-electron chi connectivity index (χ4n) is 1.75. The molecule has 0 amide bonds. The van der Waals surface area contributed by atoms with Gasteiger partial charge in [-0.3, -0.25) is 4.98 Å². The molecule has 0 bridgehead atoms. The Morgan fingerprint density at radius 2 is 2.00 bits per heavy atom. The van der Waals surface area contributed by atoms with Crippen molar-refractivity contribution in [3.05, 3.63) is 53.4 Å². The predicted molar refractivity (Wildman–Crippen MR) is 73.1 cm³/mol. The smallest absolute Gasteiger partial charge is 0.345 e. The summed E-state index contributed by atoms with van der Waals surface area (Å²) in [6.45, 7) is 0. The summed E-state index contributed by atoms with van der Waals surface area (Å²) in [5.74, 6) is -0.432. The molecule has 1 aromatic carbocycles. The quantitative estimate of drug-likeness (QED) is 0.793. The molecule has 3 aromatic rings. The highest BCUT2D eigenvalue weighted by atomic mass is 32.1. The Bertz CT molecular complexity index is 783. The van der Waals surface area contributed by atoms with Gasteiger partial charge in [0, 0.05) is 11.6 Å². The Balaban J connectivity index is 2.02. The molecule has 4 nitrogen and oxygen atoms in total. The maximum absolute atomic E-state index is 12.8. The van der Waals surface area contributed by atoms with Gasteiger partial charge in [-0.2, -0.15) is 0 Å². The number of aromatic carboxylic acids is 1. The van der Waals surface area contributed by atoms with E-state index in [1.807, 2.05) is 0 Å². The van der Waals surface area contributed by atoms with Crippen molar-refractivity contribution in [3.8, 4) is 11.5 Å². The van der Waals surface area contributed by atoms with Gasteiger partial charge in [-0.05, 0) is 30.3 Å². The molecule has 0 saturated heterocycles. The van der Waals surface area contributed by atoms with Gasteiger partial charge in [-0.25, -0.2) is 9.18 Å². The van der Waals surface area contributed by atoms with Crippen molar-refractivity contribution in [3.63, 3.8) is 0 Å². The molecule has 1 N–H and O–H groups in total. The Kier molecular flexibility index (Phi) is 3.08. The standard InChI is InChI=1S/C14H8FNO3S/c15-8-1-3-9(4-2-8)19-11-6-16-7-13-10(11)5-12(20-13)14(17)18/h1-7H,(H,17,18). The molecule has 0 fully saturated rings. The van der Waals surface area contributed by atoms with E-state index in [1.54, 1.807) is 12.3 Å².